The summed E-state index contributed by atoms with van der Waals surface area (Å²) in [5.41, 5.74) is 4.60. The Kier molecular flexibility index (Phi) is 11.5. The van der Waals surface area contributed by atoms with Crippen molar-refractivity contribution in [3.8, 4) is 11.1 Å². The Bertz CT molecular complexity index is 1130. The van der Waals surface area contributed by atoms with Crippen LogP contribution in [-0.2, 0) is 16.1 Å². The lowest BCUT2D eigenvalue weighted by molar-refractivity contribution is -0.139. The molecule has 0 bridgehead atoms. The van der Waals surface area contributed by atoms with Crippen molar-refractivity contribution >= 4 is 23.6 Å². The van der Waals surface area contributed by atoms with Gasteiger partial charge in [-0.15, -0.1) is 0 Å². The number of carboxylic acids is 1. The van der Waals surface area contributed by atoms with E-state index in [2.05, 4.69) is 23.2 Å². The summed E-state index contributed by atoms with van der Waals surface area (Å²) in [6, 6.07) is 13.6. The third-order valence-electron chi connectivity index (χ3n) is 8.63. The van der Waals surface area contributed by atoms with E-state index in [0.717, 1.165) is 42.0 Å². The fourth-order valence-electron chi connectivity index (χ4n) is 6.18. The Labute approximate surface area is 244 Å². The van der Waals surface area contributed by atoms with Crippen LogP contribution in [0, 0.1) is 12.8 Å². The third kappa shape index (κ3) is 8.11. The van der Waals surface area contributed by atoms with Crippen molar-refractivity contribution in [2.75, 3.05) is 25.2 Å². The molecule has 2 aromatic carbocycles. The van der Waals surface area contributed by atoms with Gasteiger partial charge in [0.25, 0.3) is 5.91 Å². The summed E-state index contributed by atoms with van der Waals surface area (Å²) in [6.45, 7) is 6.99. The number of likely N-dealkylation sites (tertiary alicyclic amines) is 1. The summed E-state index contributed by atoms with van der Waals surface area (Å²) in [6.07, 6.45) is 11.3. The number of aliphatic carboxylic acids is 1. The van der Waals surface area contributed by atoms with Crippen LogP contribution in [0.25, 0.3) is 11.1 Å². The van der Waals surface area contributed by atoms with E-state index in [4.69, 9.17) is 4.74 Å². The number of benzene rings is 2. The van der Waals surface area contributed by atoms with Crippen LogP contribution < -0.4 is 5.32 Å². The molecular weight excluding hydrogens is 520 g/mol. The average Bonchev–Trinajstić information content (AvgIpc) is 3.36. The van der Waals surface area contributed by atoms with E-state index in [0.29, 0.717) is 35.8 Å². The Morgan fingerprint density at radius 2 is 1.90 bits per heavy atom. The summed E-state index contributed by atoms with van der Waals surface area (Å²) in [7, 11) is 0. The first-order valence-corrected chi connectivity index (χ1v) is 16.4. The van der Waals surface area contributed by atoms with E-state index >= 15 is 0 Å². The number of rotatable bonds is 13. The lowest BCUT2D eigenvalue weighted by atomic mass is 9.93. The van der Waals surface area contributed by atoms with Gasteiger partial charge in [0.1, 0.15) is 6.04 Å². The van der Waals surface area contributed by atoms with E-state index < -0.39 is 12.0 Å². The van der Waals surface area contributed by atoms with Gasteiger partial charge in [-0.25, -0.2) is 4.79 Å². The Balaban J connectivity index is 1.56. The van der Waals surface area contributed by atoms with Crippen molar-refractivity contribution in [2.24, 2.45) is 5.92 Å². The summed E-state index contributed by atoms with van der Waals surface area (Å²) < 4.78 is 6.43. The number of carboxylic acid groups (broad SMARTS) is 1. The molecule has 1 unspecified atom stereocenters. The number of ether oxygens (including phenoxy) is 1. The highest BCUT2D eigenvalue weighted by atomic mass is 32.2. The fourth-order valence-corrected chi connectivity index (χ4v) is 6.65. The Hall–Kier alpha value is -2.35. The van der Waals surface area contributed by atoms with Gasteiger partial charge >= 0.3 is 5.97 Å². The minimum Gasteiger partial charge on any atom is -0.480 e. The molecule has 1 aliphatic carbocycles. The molecule has 7 heteroatoms. The van der Waals surface area contributed by atoms with Gasteiger partial charge in [0.05, 0.1) is 12.7 Å². The highest BCUT2D eigenvalue weighted by Gasteiger charge is 2.32. The smallest absolute Gasteiger partial charge is 0.326 e. The van der Waals surface area contributed by atoms with Crippen LogP contribution in [0.15, 0.2) is 42.5 Å². The molecule has 3 atom stereocenters. The van der Waals surface area contributed by atoms with Crippen LogP contribution in [-0.4, -0.2) is 65.2 Å². The van der Waals surface area contributed by atoms with Gasteiger partial charge < -0.3 is 15.2 Å². The number of thioether (sulfide) groups is 1. The van der Waals surface area contributed by atoms with Crippen LogP contribution >= 0.6 is 11.8 Å². The van der Waals surface area contributed by atoms with Crippen molar-refractivity contribution in [3.05, 3.63) is 59.2 Å². The summed E-state index contributed by atoms with van der Waals surface area (Å²) in [5, 5.41) is 12.5. The fraction of sp³-hybridized carbons (Fsp3) is 0.576. The van der Waals surface area contributed by atoms with Crippen LogP contribution in [0.3, 0.4) is 0 Å². The van der Waals surface area contributed by atoms with Gasteiger partial charge in [-0.2, -0.15) is 11.8 Å². The predicted octanol–water partition coefficient (Wildman–Crippen LogP) is 6.55. The number of hydrogen-bond donors (Lipinski definition) is 2. The highest BCUT2D eigenvalue weighted by Crippen LogP contribution is 2.32. The molecule has 2 aromatic rings. The molecule has 0 aromatic heterocycles. The SMILES string of the molecule is CC[C@H]1CC(COC2CCCCC2)N(Cc2ccc(C(=O)N[C@@H](CCSC)C(=O)O)c(-c3ccccc3C)c2)C1. The van der Waals surface area contributed by atoms with Gasteiger partial charge in [0, 0.05) is 24.7 Å². The molecule has 2 N–H and O–H groups in total. The van der Waals surface area contributed by atoms with Crippen LogP contribution in [0.5, 0.6) is 0 Å². The molecule has 1 aliphatic heterocycles. The minimum atomic E-state index is -1.00. The average molecular weight is 567 g/mol. The van der Waals surface area contributed by atoms with Crippen molar-refractivity contribution in [2.45, 2.75) is 89.9 Å². The number of carbonyl (C=O) groups excluding carboxylic acids is 1. The number of carbonyl (C=O) groups is 2. The topological polar surface area (TPSA) is 78.9 Å². The quantitative estimate of drug-likeness (QED) is 0.286. The maximum absolute atomic E-state index is 13.4. The minimum absolute atomic E-state index is 0.343. The normalized spacial score (nSPS) is 20.9. The highest BCUT2D eigenvalue weighted by molar-refractivity contribution is 7.98. The van der Waals surface area contributed by atoms with E-state index in [-0.39, 0.29) is 5.91 Å². The second-order valence-corrected chi connectivity index (χ2v) is 12.5. The monoisotopic (exact) mass is 566 g/mol. The molecule has 2 aliphatic rings. The maximum atomic E-state index is 13.4. The van der Waals surface area contributed by atoms with Crippen molar-refractivity contribution in [3.63, 3.8) is 0 Å². The maximum Gasteiger partial charge on any atom is 0.326 e. The zero-order valence-corrected chi connectivity index (χ0v) is 25.2. The van der Waals surface area contributed by atoms with Gasteiger partial charge in [0.15, 0.2) is 0 Å². The molecule has 1 amide bonds. The summed E-state index contributed by atoms with van der Waals surface area (Å²) in [4.78, 5) is 27.8. The van der Waals surface area contributed by atoms with Crippen LogP contribution in [0.2, 0.25) is 0 Å². The van der Waals surface area contributed by atoms with E-state index in [1.54, 1.807) is 11.8 Å². The molecule has 1 saturated heterocycles. The number of nitrogens with zero attached hydrogens (tertiary/aromatic N) is 1. The Morgan fingerprint density at radius 1 is 1.12 bits per heavy atom. The third-order valence-corrected chi connectivity index (χ3v) is 9.28. The molecular formula is C33H46N2O4S. The molecule has 2 fully saturated rings. The van der Waals surface area contributed by atoms with Crippen molar-refractivity contribution in [1.82, 2.24) is 10.2 Å². The van der Waals surface area contributed by atoms with Gasteiger partial charge in [-0.1, -0.05) is 62.9 Å². The van der Waals surface area contributed by atoms with Crippen molar-refractivity contribution < 1.29 is 19.4 Å². The lowest BCUT2D eigenvalue weighted by Gasteiger charge is -2.28. The molecule has 0 radical (unpaired) electrons. The lowest BCUT2D eigenvalue weighted by Crippen LogP contribution is -2.41. The number of hydrogen-bond acceptors (Lipinski definition) is 5. The first-order chi connectivity index (χ1) is 19.4. The van der Waals surface area contributed by atoms with E-state index in [9.17, 15) is 14.7 Å². The second-order valence-electron chi connectivity index (χ2n) is 11.5. The molecule has 1 heterocycles. The zero-order valence-electron chi connectivity index (χ0n) is 24.4. The molecule has 1 saturated carbocycles. The largest absolute Gasteiger partial charge is 0.480 e. The first kappa shape index (κ1) is 30.6. The number of nitrogens with one attached hydrogen (secondary N) is 1. The number of aryl methyl sites for hydroxylation is 1. The molecule has 40 heavy (non-hydrogen) atoms. The molecule has 218 valence electrons. The van der Waals surface area contributed by atoms with E-state index in [1.165, 1.54) is 44.9 Å². The Morgan fingerprint density at radius 3 is 2.60 bits per heavy atom. The zero-order chi connectivity index (χ0) is 28.5. The standard InChI is InChI=1S/C33H46N2O4S/c1-4-24-18-26(22-39-27-11-6-5-7-12-27)35(20-24)21-25-14-15-29(30(19-25)28-13-9-8-10-23(28)2)32(36)34-31(33(37)38)16-17-40-3/h8-10,13-15,19,24,26-27,31H,4-7,11-12,16-18,20-22H2,1-3H3,(H,34,36)(H,37,38)/t24-,26?,31-/m0/s1. The molecule has 0 spiro atoms. The van der Waals surface area contributed by atoms with Gasteiger partial charge in [-0.3, -0.25) is 9.69 Å². The summed E-state index contributed by atoms with van der Waals surface area (Å²) in [5.74, 6) is -0.00190. The van der Waals surface area contributed by atoms with Gasteiger partial charge in [0.2, 0.25) is 0 Å². The van der Waals surface area contributed by atoms with E-state index in [1.807, 2.05) is 49.6 Å². The van der Waals surface area contributed by atoms with Crippen LogP contribution in [0.1, 0.15) is 79.8 Å². The van der Waals surface area contributed by atoms with Crippen molar-refractivity contribution in [1.29, 1.82) is 0 Å². The predicted molar refractivity (Wildman–Crippen MR) is 164 cm³/mol. The molecule has 4 rings (SSSR count). The van der Waals surface area contributed by atoms with Crippen LogP contribution in [0.4, 0.5) is 0 Å². The number of amides is 1. The first-order valence-electron chi connectivity index (χ1n) is 15.0. The second kappa shape index (κ2) is 15.0. The molecule has 6 nitrogen and oxygen atoms in total. The van der Waals surface area contributed by atoms with Gasteiger partial charge in [-0.05, 0) is 84.9 Å². The summed E-state index contributed by atoms with van der Waals surface area (Å²) >= 11 is 1.57.